The first-order valence-corrected chi connectivity index (χ1v) is 1.94. The molecular weight excluding hydrogens is 139 g/mol. The van der Waals surface area contributed by atoms with E-state index in [-0.39, 0.29) is 4.01 Å². The van der Waals surface area contributed by atoms with Gasteiger partial charge < -0.3 is 0 Å². The molecule has 0 N–H and O–H groups in total. The molecule has 0 spiro atoms. The van der Waals surface area contributed by atoms with Crippen molar-refractivity contribution in [1.29, 1.82) is 0 Å². The molecule has 4 heavy (non-hydrogen) atoms. The standard InChI is InChI=1S/CH2OSSe/c2-1(3)4/h(H2,2,3,4)/p-1. The van der Waals surface area contributed by atoms with Crippen LogP contribution >= 0.6 is 12.6 Å². The second-order valence-electron chi connectivity index (χ2n) is 0.266. The van der Waals surface area contributed by atoms with Gasteiger partial charge in [0.05, 0.1) is 0 Å². The van der Waals surface area contributed by atoms with Crippen molar-refractivity contribution in [2.45, 2.75) is 0 Å². The molecule has 0 aliphatic carbocycles. The zero-order valence-corrected chi connectivity index (χ0v) is 4.37. The summed E-state index contributed by atoms with van der Waals surface area (Å²) >= 11 is 5.40. The fraction of sp³-hybridized carbons (Fsp3) is 0. The van der Waals surface area contributed by atoms with Crippen molar-refractivity contribution in [2.75, 3.05) is 0 Å². The molecule has 0 aromatic carbocycles. The first-order chi connectivity index (χ1) is 1.73. The van der Waals surface area contributed by atoms with E-state index in [0.717, 1.165) is 0 Å². The Labute approximate surface area is 38.0 Å². The molecule has 0 rings (SSSR count). The number of rotatable bonds is 0. The molecule has 0 unspecified atom stereocenters. The van der Waals surface area contributed by atoms with Crippen molar-refractivity contribution in [3.05, 3.63) is 0 Å². The van der Waals surface area contributed by atoms with Gasteiger partial charge in [-0.1, -0.05) is 0 Å². The summed E-state index contributed by atoms with van der Waals surface area (Å²) in [4.78, 5) is 9.25. The van der Waals surface area contributed by atoms with Gasteiger partial charge >= 0.3 is 37.4 Å². The van der Waals surface area contributed by atoms with Crippen molar-refractivity contribution in [1.82, 2.24) is 0 Å². The zero-order valence-electron chi connectivity index (χ0n) is 1.76. The molecule has 0 aliphatic rings. The Bertz CT molecular complexity index is 31.0. The molecule has 0 saturated heterocycles. The van der Waals surface area contributed by atoms with Crippen LogP contribution in [-0.2, 0) is 0 Å². The van der Waals surface area contributed by atoms with Gasteiger partial charge in [-0.25, -0.2) is 0 Å². The van der Waals surface area contributed by atoms with Crippen molar-refractivity contribution in [3.63, 3.8) is 0 Å². The molecule has 0 heterocycles. The Hall–Kier alpha value is 0.539. The molecule has 0 aromatic rings. The van der Waals surface area contributed by atoms with E-state index in [2.05, 4.69) is 28.6 Å². The molecule has 0 bridgehead atoms. The average molecular weight is 140 g/mol. The van der Waals surface area contributed by atoms with E-state index in [0.29, 0.717) is 0 Å². The molecule has 0 amide bonds. The summed E-state index contributed by atoms with van der Waals surface area (Å²) in [6, 6.07) is 0. The Morgan fingerprint density at radius 3 is 2.00 bits per heavy atom. The second-order valence-corrected chi connectivity index (χ2v) is 2.13. The van der Waals surface area contributed by atoms with Gasteiger partial charge in [0, 0.05) is 0 Å². The van der Waals surface area contributed by atoms with Gasteiger partial charge in [-0.3, -0.25) is 0 Å². The van der Waals surface area contributed by atoms with E-state index in [1.807, 2.05) is 0 Å². The van der Waals surface area contributed by atoms with Crippen molar-refractivity contribution in [2.24, 2.45) is 0 Å². The van der Waals surface area contributed by atoms with E-state index in [1.54, 1.807) is 0 Å². The first kappa shape index (κ1) is 4.54. The third-order valence-electron chi connectivity index (χ3n) is 0. The fourth-order valence-electron chi connectivity index (χ4n) is 0. The predicted molar refractivity (Wildman–Crippen MR) is 20.1 cm³/mol. The van der Waals surface area contributed by atoms with Gasteiger partial charge in [0.1, 0.15) is 0 Å². The number of carbonyl (C=O) groups is 1. The summed E-state index contributed by atoms with van der Waals surface area (Å²) in [7, 11) is 0. The summed E-state index contributed by atoms with van der Waals surface area (Å²) in [5.41, 5.74) is 0. The Morgan fingerprint density at radius 2 is 2.00 bits per heavy atom. The van der Waals surface area contributed by atoms with Crippen molar-refractivity contribution >= 4 is 32.7 Å². The third-order valence-corrected chi connectivity index (χ3v) is 0. The van der Waals surface area contributed by atoms with E-state index in [9.17, 15) is 4.79 Å². The van der Waals surface area contributed by atoms with Crippen LogP contribution in [0.4, 0.5) is 4.79 Å². The molecule has 24 valence electrons. The van der Waals surface area contributed by atoms with E-state index >= 15 is 0 Å². The molecule has 0 atom stereocenters. The van der Waals surface area contributed by atoms with Gasteiger partial charge in [-0.15, -0.1) is 0 Å². The first-order valence-electron chi connectivity index (χ1n) is 0.632. The summed E-state index contributed by atoms with van der Waals surface area (Å²) in [5.74, 6) is 0. The van der Waals surface area contributed by atoms with Crippen LogP contribution in [0, 0.1) is 0 Å². The minimum atomic E-state index is -0.264. The van der Waals surface area contributed by atoms with Crippen LogP contribution in [0.15, 0.2) is 0 Å². The molecule has 0 saturated carbocycles. The SMILES string of the molecule is O=C(S)[Se-]. The normalized spacial score (nSPS) is 6.25. The van der Waals surface area contributed by atoms with Crippen LogP contribution < -0.4 is 0 Å². The number of hydrogen-bond donors (Lipinski definition) is 1. The number of hydrogen-bond acceptors (Lipinski definition) is 1. The summed E-state index contributed by atoms with van der Waals surface area (Å²) < 4.78 is -0.264. The maximum atomic E-state index is 9.25. The predicted octanol–water partition coefficient (Wildman–Crippen LogP) is 0.205. The maximum absolute atomic E-state index is 9.25. The van der Waals surface area contributed by atoms with Crippen LogP contribution in [0.1, 0.15) is 0 Å². The Balaban J connectivity index is 2.80. The molecule has 3 heteroatoms. The zero-order chi connectivity index (χ0) is 3.58. The molecule has 0 fully saturated rings. The number of thiol groups is 1. The summed E-state index contributed by atoms with van der Waals surface area (Å²) in [6.07, 6.45) is 0. The topological polar surface area (TPSA) is 17.1 Å². The van der Waals surface area contributed by atoms with Crippen LogP contribution in [-0.4, -0.2) is 20.0 Å². The average Bonchev–Trinajstić information content (AvgIpc) is 0.811. The van der Waals surface area contributed by atoms with Crippen LogP contribution in [0.3, 0.4) is 0 Å². The molecule has 1 nitrogen and oxygen atoms in total. The number of carbonyl (C=O) groups excluding carboxylic acids is 1. The molecule has 0 aromatic heterocycles. The van der Waals surface area contributed by atoms with Crippen molar-refractivity contribution in [3.8, 4) is 0 Å². The summed E-state index contributed by atoms with van der Waals surface area (Å²) in [5, 5.41) is 0. The quantitative estimate of drug-likeness (QED) is 0.376. The van der Waals surface area contributed by atoms with Gasteiger partial charge in [0.25, 0.3) is 0 Å². The second kappa shape index (κ2) is 1.82. The minimum absolute atomic E-state index is 0.264. The Kier molecular flexibility index (Phi) is 2.07. The van der Waals surface area contributed by atoms with E-state index in [4.69, 9.17) is 0 Å². The fourth-order valence-corrected chi connectivity index (χ4v) is 0. The van der Waals surface area contributed by atoms with E-state index in [1.165, 1.54) is 0 Å². The molecule has 0 radical (unpaired) electrons. The van der Waals surface area contributed by atoms with Gasteiger partial charge in [-0.2, -0.15) is 0 Å². The molecular formula is CHOSSe-. The third kappa shape index (κ3) is 20.7. The van der Waals surface area contributed by atoms with Crippen molar-refractivity contribution < 1.29 is 4.79 Å². The monoisotopic (exact) mass is 141 g/mol. The van der Waals surface area contributed by atoms with Crippen LogP contribution in [0.25, 0.3) is 0 Å². The van der Waals surface area contributed by atoms with Gasteiger partial charge in [0.2, 0.25) is 0 Å². The van der Waals surface area contributed by atoms with E-state index < -0.39 is 0 Å². The molecule has 0 aliphatic heterocycles. The van der Waals surface area contributed by atoms with Gasteiger partial charge in [0.15, 0.2) is 0 Å². The Morgan fingerprint density at radius 1 is 2.00 bits per heavy atom. The van der Waals surface area contributed by atoms with Crippen LogP contribution in [0.5, 0.6) is 0 Å². The van der Waals surface area contributed by atoms with Crippen LogP contribution in [0.2, 0.25) is 0 Å². The van der Waals surface area contributed by atoms with Gasteiger partial charge in [-0.05, 0) is 0 Å². The summed E-state index contributed by atoms with van der Waals surface area (Å²) in [6.45, 7) is 0.